The van der Waals surface area contributed by atoms with Gasteiger partial charge >= 0.3 is 5.97 Å². The van der Waals surface area contributed by atoms with Gasteiger partial charge in [-0.05, 0) is 12.8 Å². The Hall–Kier alpha value is -1.47. The summed E-state index contributed by atoms with van der Waals surface area (Å²) >= 11 is 0. The minimum absolute atomic E-state index is 0. The Morgan fingerprint density at radius 1 is 1.17 bits per heavy atom. The Labute approximate surface area is 139 Å². The smallest absolute Gasteiger partial charge is 0.336 e. The lowest BCUT2D eigenvalue weighted by molar-refractivity contribution is -0.200. The molecule has 7 heteroatoms. The van der Waals surface area contributed by atoms with E-state index in [4.69, 9.17) is 14.7 Å². The summed E-state index contributed by atoms with van der Waals surface area (Å²) in [7, 11) is 0. The zero-order chi connectivity index (χ0) is 16.3. The maximum atomic E-state index is 11.6. The number of hydroxylamine groups is 2. The number of rotatable bonds is 8. The van der Waals surface area contributed by atoms with E-state index in [0.29, 0.717) is 31.1 Å². The van der Waals surface area contributed by atoms with Crippen LogP contribution in [0.1, 0.15) is 61.3 Å². The molecule has 1 rings (SSSR count). The Morgan fingerprint density at radius 2 is 1.70 bits per heavy atom. The minimum atomic E-state index is -0.616. The second-order valence-corrected chi connectivity index (χ2v) is 4.37. The Morgan fingerprint density at radius 3 is 2.17 bits per heavy atom. The van der Waals surface area contributed by atoms with E-state index in [-0.39, 0.29) is 34.3 Å². The Kier molecular flexibility index (Phi) is 17.7. The van der Waals surface area contributed by atoms with Crippen LogP contribution in [0.25, 0.3) is 0 Å². The van der Waals surface area contributed by atoms with E-state index in [2.05, 4.69) is 0 Å². The molecule has 1 N–H and O–H groups in total. The largest absolute Gasteiger partial charge is 0.396 e. The maximum absolute atomic E-state index is 11.6. The van der Waals surface area contributed by atoms with Crippen LogP contribution in [-0.2, 0) is 24.0 Å². The van der Waals surface area contributed by atoms with E-state index >= 15 is 0 Å². The molecule has 7 nitrogen and oxygen atoms in total. The van der Waals surface area contributed by atoms with E-state index in [1.165, 1.54) is 0 Å². The van der Waals surface area contributed by atoms with E-state index < -0.39 is 23.7 Å². The predicted molar refractivity (Wildman–Crippen MR) is 88.3 cm³/mol. The lowest BCUT2D eigenvalue weighted by atomic mass is 10.1. The molecular formula is C16H33NO6. The van der Waals surface area contributed by atoms with Crippen molar-refractivity contribution in [3.63, 3.8) is 0 Å². The highest BCUT2D eigenvalue weighted by atomic mass is 16.7. The van der Waals surface area contributed by atoms with Gasteiger partial charge in [-0.1, -0.05) is 35.6 Å². The number of amides is 2. The number of hydrogen-bond donors (Lipinski definition) is 1. The van der Waals surface area contributed by atoms with Crippen molar-refractivity contribution in [1.29, 1.82) is 0 Å². The molecule has 1 unspecified atom stereocenters. The lowest BCUT2D eigenvalue weighted by Crippen LogP contribution is -2.34. The molecule has 0 bridgehead atoms. The van der Waals surface area contributed by atoms with Crippen LogP contribution in [0.3, 0.4) is 0 Å². The highest BCUT2D eigenvalue weighted by Crippen LogP contribution is 2.15. The first-order chi connectivity index (χ1) is 10.1. The molecule has 0 radical (unpaired) electrons. The molecule has 138 valence electrons. The first kappa shape index (κ1) is 26.4. The van der Waals surface area contributed by atoms with E-state index in [1.54, 1.807) is 6.92 Å². The summed E-state index contributed by atoms with van der Waals surface area (Å²) in [5.74, 6) is -2.04. The fourth-order valence-corrected chi connectivity index (χ4v) is 1.48. The predicted octanol–water partition coefficient (Wildman–Crippen LogP) is 2.32. The van der Waals surface area contributed by atoms with Crippen molar-refractivity contribution in [3.8, 4) is 0 Å². The molecule has 1 saturated heterocycles. The van der Waals surface area contributed by atoms with Gasteiger partial charge in [-0.2, -0.15) is 0 Å². The second kappa shape index (κ2) is 15.4. The average molecular weight is 335 g/mol. The zero-order valence-corrected chi connectivity index (χ0v) is 13.0. The first-order valence-electron chi connectivity index (χ1n) is 7.32. The van der Waals surface area contributed by atoms with Crippen LogP contribution in [0.4, 0.5) is 0 Å². The van der Waals surface area contributed by atoms with Crippen LogP contribution in [0.15, 0.2) is 0 Å². The molecule has 0 spiro atoms. The standard InChI is InChI=1S/C12H19NO6.C2H6.2CH4/c1-9(5-8-18-7-2-6-14)12(17)19-13-10(15)3-4-11(13)16;1-2;;/h9,14H,2-8H2,1H3;1-2H3;2*1H4. The van der Waals surface area contributed by atoms with Crippen molar-refractivity contribution in [2.75, 3.05) is 19.8 Å². The Bertz CT molecular complexity index is 329. The normalized spacial score (nSPS) is 14.2. The topological polar surface area (TPSA) is 93.1 Å². The summed E-state index contributed by atoms with van der Waals surface area (Å²) in [5, 5.41) is 9.10. The van der Waals surface area contributed by atoms with Gasteiger partial charge in [0.05, 0.1) is 5.92 Å². The number of carbonyl (C=O) groups is 3. The molecule has 23 heavy (non-hydrogen) atoms. The summed E-state index contributed by atoms with van der Waals surface area (Å²) in [6.07, 6.45) is 1.16. The van der Waals surface area contributed by atoms with Gasteiger partial charge in [-0.25, -0.2) is 4.79 Å². The highest BCUT2D eigenvalue weighted by molar-refractivity contribution is 6.01. The van der Waals surface area contributed by atoms with Gasteiger partial charge in [0.2, 0.25) is 0 Å². The number of imide groups is 1. The van der Waals surface area contributed by atoms with Crippen LogP contribution >= 0.6 is 0 Å². The molecule has 0 aromatic carbocycles. The molecule has 1 aliphatic heterocycles. The molecule has 1 heterocycles. The van der Waals surface area contributed by atoms with Gasteiger partial charge in [0.1, 0.15) is 0 Å². The third-order valence-corrected chi connectivity index (χ3v) is 2.73. The molecular weight excluding hydrogens is 302 g/mol. The van der Waals surface area contributed by atoms with E-state index in [1.807, 2.05) is 13.8 Å². The summed E-state index contributed by atoms with van der Waals surface area (Å²) in [4.78, 5) is 38.9. The number of hydrogen-bond acceptors (Lipinski definition) is 6. The molecule has 0 aliphatic carbocycles. The molecule has 1 fully saturated rings. The van der Waals surface area contributed by atoms with Crippen LogP contribution in [0.2, 0.25) is 0 Å². The van der Waals surface area contributed by atoms with Gasteiger partial charge < -0.3 is 14.7 Å². The number of ether oxygens (including phenoxy) is 1. The molecule has 0 saturated carbocycles. The van der Waals surface area contributed by atoms with Crippen LogP contribution in [-0.4, -0.2) is 47.8 Å². The summed E-state index contributed by atoms with van der Waals surface area (Å²) in [6, 6.07) is 0. The number of carbonyl (C=O) groups excluding carboxylic acids is 3. The number of aliphatic hydroxyl groups excluding tert-OH is 1. The third kappa shape index (κ3) is 10.0. The van der Waals surface area contributed by atoms with Crippen molar-refractivity contribution in [2.45, 2.75) is 61.3 Å². The van der Waals surface area contributed by atoms with Gasteiger partial charge in [0.25, 0.3) is 11.8 Å². The summed E-state index contributed by atoms with van der Waals surface area (Å²) < 4.78 is 5.19. The zero-order valence-electron chi connectivity index (χ0n) is 13.0. The third-order valence-electron chi connectivity index (χ3n) is 2.73. The molecule has 1 atom stereocenters. The van der Waals surface area contributed by atoms with Gasteiger partial charge in [0.15, 0.2) is 0 Å². The summed E-state index contributed by atoms with van der Waals surface area (Å²) in [6.45, 7) is 6.50. The van der Waals surface area contributed by atoms with E-state index in [0.717, 1.165) is 0 Å². The molecule has 1 aliphatic rings. The lowest BCUT2D eigenvalue weighted by Gasteiger charge is -2.16. The minimum Gasteiger partial charge on any atom is -0.396 e. The summed E-state index contributed by atoms with van der Waals surface area (Å²) in [5.41, 5.74) is 0. The van der Waals surface area contributed by atoms with Crippen LogP contribution < -0.4 is 0 Å². The second-order valence-electron chi connectivity index (χ2n) is 4.37. The van der Waals surface area contributed by atoms with Crippen molar-refractivity contribution < 1.29 is 29.1 Å². The van der Waals surface area contributed by atoms with Crippen molar-refractivity contribution in [3.05, 3.63) is 0 Å². The fourth-order valence-electron chi connectivity index (χ4n) is 1.48. The average Bonchev–Trinajstić information content (AvgIpc) is 2.80. The van der Waals surface area contributed by atoms with Crippen LogP contribution in [0.5, 0.6) is 0 Å². The van der Waals surface area contributed by atoms with Gasteiger partial charge in [-0.3, -0.25) is 9.59 Å². The highest BCUT2D eigenvalue weighted by Gasteiger charge is 2.33. The molecule has 0 aromatic heterocycles. The number of aliphatic hydroxyl groups is 1. The number of nitrogens with zero attached hydrogens (tertiary/aromatic N) is 1. The SMILES string of the molecule is C.C.CC.CC(CCOCCCO)C(=O)ON1C(=O)CCC1=O. The van der Waals surface area contributed by atoms with Gasteiger partial charge in [-0.15, -0.1) is 5.06 Å². The molecule has 2 amide bonds. The molecule has 0 aromatic rings. The van der Waals surface area contributed by atoms with Crippen molar-refractivity contribution >= 4 is 17.8 Å². The Balaban J connectivity index is -0.000000960. The maximum Gasteiger partial charge on any atom is 0.336 e. The quantitative estimate of drug-likeness (QED) is 0.540. The fraction of sp³-hybridized carbons (Fsp3) is 0.812. The van der Waals surface area contributed by atoms with Crippen molar-refractivity contribution in [1.82, 2.24) is 5.06 Å². The first-order valence-corrected chi connectivity index (χ1v) is 7.32. The monoisotopic (exact) mass is 335 g/mol. The van der Waals surface area contributed by atoms with Crippen molar-refractivity contribution in [2.24, 2.45) is 5.92 Å². The van der Waals surface area contributed by atoms with E-state index in [9.17, 15) is 14.4 Å². The van der Waals surface area contributed by atoms with Crippen LogP contribution in [0, 0.1) is 5.92 Å². The van der Waals surface area contributed by atoms with Gasteiger partial charge in [0, 0.05) is 32.7 Å².